The zero-order valence-corrected chi connectivity index (χ0v) is 16.2. The lowest BCUT2D eigenvalue weighted by atomic mass is 9.94. The molecule has 1 amide bonds. The quantitative estimate of drug-likeness (QED) is 0.720. The Kier molecular flexibility index (Phi) is 5.25. The van der Waals surface area contributed by atoms with E-state index in [2.05, 4.69) is 0 Å². The van der Waals surface area contributed by atoms with Gasteiger partial charge in [0.15, 0.2) is 0 Å². The van der Waals surface area contributed by atoms with E-state index in [-0.39, 0.29) is 17.1 Å². The van der Waals surface area contributed by atoms with Gasteiger partial charge in [-0.2, -0.15) is 0 Å². The summed E-state index contributed by atoms with van der Waals surface area (Å²) in [6.45, 7) is 2.20. The summed E-state index contributed by atoms with van der Waals surface area (Å²) in [7, 11) is 1.65. The largest absolute Gasteiger partial charge is 0.497 e. The van der Waals surface area contributed by atoms with Crippen molar-refractivity contribution in [3.05, 3.63) is 59.9 Å². The molecule has 1 atom stereocenters. The molecule has 1 aliphatic heterocycles. The zero-order valence-electron chi connectivity index (χ0n) is 16.2. The smallest absolute Gasteiger partial charge is 0.233 e. The molecule has 1 saturated heterocycles. The minimum atomic E-state index is -0.328. The maximum atomic E-state index is 13.2. The van der Waals surface area contributed by atoms with Gasteiger partial charge in [-0.15, -0.1) is 0 Å². The van der Waals surface area contributed by atoms with Gasteiger partial charge in [-0.1, -0.05) is 12.1 Å². The van der Waals surface area contributed by atoms with Crippen LogP contribution >= 0.6 is 0 Å². The Labute approximate surface area is 165 Å². The highest BCUT2D eigenvalue weighted by Crippen LogP contribution is 2.50. The highest BCUT2D eigenvalue weighted by atomic mass is 19.1. The lowest BCUT2D eigenvalue weighted by Crippen LogP contribution is -2.37. The van der Waals surface area contributed by atoms with Crippen molar-refractivity contribution in [2.75, 3.05) is 26.8 Å². The molecule has 0 N–H and O–H groups in total. The topological polar surface area (TPSA) is 38.8 Å². The summed E-state index contributed by atoms with van der Waals surface area (Å²) in [6.07, 6.45) is 3.76. The van der Waals surface area contributed by atoms with Gasteiger partial charge < -0.3 is 14.4 Å². The van der Waals surface area contributed by atoms with Gasteiger partial charge in [0.2, 0.25) is 5.91 Å². The van der Waals surface area contributed by atoms with Gasteiger partial charge in [-0.05, 0) is 73.6 Å². The fourth-order valence-corrected chi connectivity index (χ4v) is 4.09. The fourth-order valence-electron chi connectivity index (χ4n) is 4.09. The molecule has 1 heterocycles. The van der Waals surface area contributed by atoms with Gasteiger partial charge in [0.25, 0.3) is 0 Å². The molecule has 4 rings (SSSR count). The van der Waals surface area contributed by atoms with Crippen LogP contribution in [0.3, 0.4) is 0 Å². The molecule has 5 heteroatoms. The first-order valence-corrected chi connectivity index (χ1v) is 9.93. The first-order chi connectivity index (χ1) is 13.6. The molecule has 2 aromatic rings. The molecule has 1 saturated carbocycles. The van der Waals surface area contributed by atoms with Crippen LogP contribution in [0.2, 0.25) is 0 Å². The Morgan fingerprint density at radius 1 is 1.11 bits per heavy atom. The maximum absolute atomic E-state index is 13.2. The molecule has 0 radical (unpaired) electrons. The second-order valence-electron chi connectivity index (χ2n) is 7.81. The highest BCUT2D eigenvalue weighted by molar-refractivity contribution is 5.91. The van der Waals surface area contributed by atoms with Crippen molar-refractivity contribution in [3.8, 4) is 11.5 Å². The number of carbonyl (C=O) groups is 1. The van der Waals surface area contributed by atoms with E-state index in [9.17, 15) is 9.18 Å². The Bertz CT molecular complexity index is 815. The number of rotatable bonds is 7. The molecular formula is C23H26FNO3. The van der Waals surface area contributed by atoms with Gasteiger partial charge in [0.1, 0.15) is 17.3 Å². The number of amides is 1. The minimum absolute atomic E-state index is 0.261. The fraction of sp³-hybridized carbons (Fsp3) is 0.435. The Hall–Kier alpha value is -2.56. The monoisotopic (exact) mass is 383 g/mol. The first kappa shape index (κ1) is 18.8. The van der Waals surface area contributed by atoms with Gasteiger partial charge in [0, 0.05) is 13.1 Å². The molecule has 2 fully saturated rings. The number of halogens is 1. The van der Waals surface area contributed by atoms with E-state index in [4.69, 9.17) is 9.47 Å². The highest BCUT2D eigenvalue weighted by Gasteiger charge is 2.53. The van der Waals surface area contributed by atoms with Crippen LogP contribution in [0.25, 0.3) is 0 Å². The number of ether oxygens (including phenoxy) is 2. The van der Waals surface area contributed by atoms with Crippen LogP contribution in [0.5, 0.6) is 11.5 Å². The lowest BCUT2D eigenvalue weighted by Gasteiger charge is -2.24. The molecule has 1 aliphatic carbocycles. The molecule has 148 valence electrons. The molecule has 2 aromatic carbocycles. The number of likely N-dealkylation sites (tertiary alicyclic amines) is 1. The molecule has 2 aliphatic rings. The van der Waals surface area contributed by atoms with E-state index in [1.165, 1.54) is 12.1 Å². The normalized spacial score (nSPS) is 20.1. The average molecular weight is 383 g/mol. The summed E-state index contributed by atoms with van der Waals surface area (Å²) in [4.78, 5) is 15.2. The number of methoxy groups -OCH3 is 1. The molecular weight excluding hydrogens is 357 g/mol. The van der Waals surface area contributed by atoms with Crippen LogP contribution in [0.1, 0.15) is 31.2 Å². The van der Waals surface area contributed by atoms with Gasteiger partial charge in [-0.25, -0.2) is 4.39 Å². The number of benzene rings is 2. The summed E-state index contributed by atoms with van der Waals surface area (Å²) in [6, 6.07) is 14.0. The molecule has 4 nitrogen and oxygen atoms in total. The Morgan fingerprint density at radius 2 is 1.79 bits per heavy atom. The van der Waals surface area contributed by atoms with Gasteiger partial charge in [-0.3, -0.25) is 4.79 Å². The van der Waals surface area contributed by atoms with Gasteiger partial charge in [0.05, 0.1) is 19.1 Å². The number of hydrogen-bond acceptors (Lipinski definition) is 3. The van der Waals surface area contributed by atoms with Crippen molar-refractivity contribution >= 4 is 5.91 Å². The van der Waals surface area contributed by atoms with Crippen molar-refractivity contribution < 1.29 is 18.7 Å². The van der Waals surface area contributed by atoms with E-state index >= 15 is 0 Å². The van der Waals surface area contributed by atoms with Crippen LogP contribution in [0, 0.1) is 11.7 Å². The third-order valence-corrected chi connectivity index (χ3v) is 5.98. The van der Waals surface area contributed by atoms with Crippen molar-refractivity contribution in [1.29, 1.82) is 0 Å². The Morgan fingerprint density at radius 3 is 2.43 bits per heavy atom. The van der Waals surface area contributed by atoms with E-state index < -0.39 is 0 Å². The standard InChI is InChI=1S/C23H26FNO3/c1-27-20-6-2-18(3-7-20)23(12-13-23)22(26)25-14-10-17(16-25)11-15-28-21-8-4-19(24)5-9-21/h2-9,17H,10-16H2,1H3. The van der Waals surface area contributed by atoms with Crippen LogP contribution in [0.15, 0.2) is 48.5 Å². The van der Waals surface area contributed by atoms with E-state index in [1.807, 2.05) is 29.2 Å². The molecule has 0 bridgehead atoms. The molecule has 28 heavy (non-hydrogen) atoms. The second kappa shape index (κ2) is 7.82. The summed E-state index contributed by atoms with van der Waals surface area (Å²) in [5, 5.41) is 0. The van der Waals surface area contributed by atoms with Crippen molar-refractivity contribution in [2.24, 2.45) is 5.92 Å². The summed E-state index contributed by atoms with van der Waals surface area (Å²) in [5.41, 5.74) is 0.771. The molecule has 0 spiro atoms. The third kappa shape index (κ3) is 3.84. The summed E-state index contributed by atoms with van der Waals surface area (Å²) in [5.74, 6) is 1.96. The van der Waals surface area contributed by atoms with Crippen molar-refractivity contribution in [2.45, 2.75) is 31.1 Å². The van der Waals surface area contributed by atoms with E-state index in [0.29, 0.717) is 18.3 Å². The lowest BCUT2D eigenvalue weighted by molar-refractivity contribution is -0.133. The van der Waals surface area contributed by atoms with Crippen molar-refractivity contribution in [3.63, 3.8) is 0 Å². The summed E-state index contributed by atoms with van der Waals surface area (Å²) >= 11 is 0. The minimum Gasteiger partial charge on any atom is -0.497 e. The first-order valence-electron chi connectivity index (χ1n) is 9.93. The maximum Gasteiger partial charge on any atom is 0.233 e. The van der Waals surface area contributed by atoms with Crippen LogP contribution in [-0.4, -0.2) is 37.6 Å². The molecule has 0 aromatic heterocycles. The van der Waals surface area contributed by atoms with E-state index in [0.717, 1.165) is 50.1 Å². The summed E-state index contributed by atoms with van der Waals surface area (Å²) < 4.78 is 23.9. The van der Waals surface area contributed by atoms with Crippen LogP contribution in [0.4, 0.5) is 4.39 Å². The molecule has 1 unspecified atom stereocenters. The number of hydrogen-bond donors (Lipinski definition) is 0. The average Bonchev–Trinajstić information content (AvgIpc) is 3.41. The zero-order chi connectivity index (χ0) is 19.6. The van der Waals surface area contributed by atoms with Crippen molar-refractivity contribution in [1.82, 2.24) is 4.90 Å². The van der Waals surface area contributed by atoms with Crippen LogP contribution in [-0.2, 0) is 10.2 Å². The third-order valence-electron chi connectivity index (χ3n) is 5.98. The predicted octanol–water partition coefficient (Wildman–Crippen LogP) is 4.18. The number of nitrogens with zero attached hydrogens (tertiary/aromatic N) is 1. The number of carbonyl (C=O) groups excluding carboxylic acids is 1. The SMILES string of the molecule is COc1ccc(C2(C(=O)N3CCC(CCOc4ccc(F)cc4)C3)CC2)cc1. The predicted molar refractivity (Wildman–Crippen MR) is 105 cm³/mol. The van der Waals surface area contributed by atoms with Gasteiger partial charge >= 0.3 is 0 Å². The van der Waals surface area contributed by atoms with Crippen LogP contribution < -0.4 is 9.47 Å². The van der Waals surface area contributed by atoms with E-state index in [1.54, 1.807) is 19.2 Å². The second-order valence-corrected chi connectivity index (χ2v) is 7.81. The Balaban J connectivity index is 1.29.